The lowest BCUT2D eigenvalue weighted by Crippen LogP contribution is -2.43. The minimum Gasteiger partial charge on any atom is -0.399 e. The molecule has 120 valence electrons. The number of allylic oxidation sites excluding steroid dienone is 3. The number of piperidine rings is 1. The first kappa shape index (κ1) is 16.6. The Morgan fingerprint density at radius 2 is 2.05 bits per heavy atom. The summed E-state index contributed by atoms with van der Waals surface area (Å²) in [6, 6.07) is 6.96. The van der Waals surface area contributed by atoms with Gasteiger partial charge < -0.3 is 16.0 Å². The number of benzene rings is 1. The third-order valence-corrected chi connectivity index (χ3v) is 4.19. The van der Waals surface area contributed by atoms with Gasteiger partial charge in [0.25, 0.3) is 0 Å². The second kappa shape index (κ2) is 8.04. The third kappa shape index (κ3) is 4.92. The van der Waals surface area contributed by atoms with E-state index in [1.807, 2.05) is 13.0 Å². The van der Waals surface area contributed by atoms with E-state index >= 15 is 0 Å². The van der Waals surface area contributed by atoms with E-state index in [4.69, 9.17) is 5.73 Å². The van der Waals surface area contributed by atoms with Gasteiger partial charge in [0.05, 0.1) is 0 Å². The van der Waals surface area contributed by atoms with Crippen molar-refractivity contribution in [2.24, 2.45) is 0 Å². The Morgan fingerprint density at radius 3 is 2.68 bits per heavy atom. The smallest absolute Gasteiger partial charge is 0.0389 e. The van der Waals surface area contributed by atoms with Crippen molar-refractivity contribution in [3.05, 3.63) is 47.6 Å². The van der Waals surface area contributed by atoms with Gasteiger partial charge in [0.15, 0.2) is 0 Å². The molecule has 1 aromatic carbocycles. The number of nitrogens with one attached hydrogen (secondary N) is 1. The highest BCUT2D eigenvalue weighted by Gasteiger charge is 2.19. The molecule has 2 rings (SSSR count). The van der Waals surface area contributed by atoms with Crippen LogP contribution in [0.3, 0.4) is 0 Å². The Hall–Kier alpha value is -1.74. The van der Waals surface area contributed by atoms with Crippen molar-refractivity contribution >= 4 is 11.4 Å². The molecule has 3 heteroatoms. The van der Waals surface area contributed by atoms with Gasteiger partial charge in [-0.2, -0.15) is 0 Å². The summed E-state index contributed by atoms with van der Waals surface area (Å²) in [4.78, 5) is 2.45. The van der Waals surface area contributed by atoms with Gasteiger partial charge in [-0.3, -0.25) is 0 Å². The Bertz CT molecular complexity index is 517. The number of aryl methyl sites for hydroxylation is 1. The van der Waals surface area contributed by atoms with Crippen LogP contribution >= 0.6 is 0 Å². The van der Waals surface area contributed by atoms with E-state index in [1.165, 1.54) is 29.7 Å². The fourth-order valence-electron chi connectivity index (χ4n) is 2.94. The first-order valence-corrected chi connectivity index (χ1v) is 8.22. The third-order valence-electron chi connectivity index (χ3n) is 4.19. The number of nitrogens with zero attached hydrogens (tertiary/aromatic N) is 1. The van der Waals surface area contributed by atoms with Crippen LogP contribution in [-0.2, 0) is 0 Å². The van der Waals surface area contributed by atoms with Crippen LogP contribution in [0, 0.1) is 6.92 Å². The molecule has 3 N–H and O–H groups in total. The lowest BCUT2D eigenvalue weighted by Gasteiger charge is -2.34. The fourth-order valence-corrected chi connectivity index (χ4v) is 2.94. The van der Waals surface area contributed by atoms with E-state index in [2.05, 4.69) is 54.4 Å². The van der Waals surface area contributed by atoms with Crippen LogP contribution in [0.15, 0.2) is 42.0 Å². The Morgan fingerprint density at radius 1 is 1.32 bits per heavy atom. The van der Waals surface area contributed by atoms with Crippen molar-refractivity contribution in [2.45, 2.75) is 39.7 Å². The molecule has 1 aliphatic rings. The first-order valence-electron chi connectivity index (χ1n) is 8.22. The largest absolute Gasteiger partial charge is 0.399 e. The van der Waals surface area contributed by atoms with Crippen LogP contribution in [0.4, 0.5) is 11.4 Å². The van der Waals surface area contributed by atoms with Gasteiger partial charge in [-0.05, 0) is 57.4 Å². The number of rotatable bonds is 5. The predicted molar refractivity (Wildman–Crippen MR) is 97.4 cm³/mol. The molecule has 3 nitrogen and oxygen atoms in total. The highest BCUT2D eigenvalue weighted by molar-refractivity contribution is 5.58. The van der Waals surface area contributed by atoms with E-state index < -0.39 is 0 Å². The van der Waals surface area contributed by atoms with Crippen molar-refractivity contribution in [2.75, 3.05) is 30.3 Å². The molecule has 0 amide bonds. The molecule has 0 atom stereocenters. The highest BCUT2D eigenvalue weighted by atomic mass is 15.1. The summed E-state index contributed by atoms with van der Waals surface area (Å²) >= 11 is 0. The van der Waals surface area contributed by atoms with E-state index in [0.717, 1.165) is 25.3 Å². The van der Waals surface area contributed by atoms with Crippen molar-refractivity contribution in [1.82, 2.24) is 5.32 Å². The molecule has 0 spiro atoms. The van der Waals surface area contributed by atoms with Gasteiger partial charge in [0.2, 0.25) is 0 Å². The number of hydrogen-bond acceptors (Lipinski definition) is 3. The molecule has 0 aromatic heterocycles. The van der Waals surface area contributed by atoms with Crippen LogP contribution in [0.5, 0.6) is 0 Å². The zero-order valence-corrected chi connectivity index (χ0v) is 14.1. The summed E-state index contributed by atoms with van der Waals surface area (Å²) in [6.07, 6.45) is 8.71. The molecular formula is C19H29N3. The molecule has 22 heavy (non-hydrogen) atoms. The second-order valence-electron chi connectivity index (χ2n) is 6.28. The van der Waals surface area contributed by atoms with Gasteiger partial charge in [0.1, 0.15) is 0 Å². The topological polar surface area (TPSA) is 41.3 Å². The summed E-state index contributed by atoms with van der Waals surface area (Å²) in [6.45, 7) is 9.50. The van der Waals surface area contributed by atoms with Gasteiger partial charge in [-0.25, -0.2) is 0 Å². The number of nitrogens with two attached hydrogens (primary N) is 1. The van der Waals surface area contributed by atoms with E-state index in [9.17, 15) is 0 Å². The molecule has 0 unspecified atom stereocenters. The number of anilines is 2. The van der Waals surface area contributed by atoms with Crippen LogP contribution < -0.4 is 16.0 Å². The molecule has 1 aromatic rings. The van der Waals surface area contributed by atoms with Gasteiger partial charge >= 0.3 is 0 Å². The second-order valence-corrected chi connectivity index (χ2v) is 6.28. The maximum atomic E-state index is 5.96. The Kier molecular flexibility index (Phi) is 6.08. The number of hydrogen-bond donors (Lipinski definition) is 2. The molecule has 1 aliphatic heterocycles. The monoisotopic (exact) mass is 299 g/mol. The van der Waals surface area contributed by atoms with E-state index in [-0.39, 0.29) is 0 Å². The molecule has 1 heterocycles. The lowest BCUT2D eigenvalue weighted by molar-refractivity contribution is 0.427. The maximum absolute atomic E-state index is 5.96. The zero-order valence-electron chi connectivity index (χ0n) is 14.1. The average molecular weight is 299 g/mol. The van der Waals surface area contributed by atoms with Gasteiger partial charge in [-0.15, -0.1) is 0 Å². The molecule has 0 aliphatic carbocycles. The van der Waals surface area contributed by atoms with Crippen LogP contribution in [-0.4, -0.2) is 25.7 Å². The molecule has 0 bridgehead atoms. The molecule has 1 saturated heterocycles. The van der Waals surface area contributed by atoms with Crippen LogP contribution in [0.2, 0.25) is 0 Å². The predicted octanol–water partition coefficient (Wildman–Crippen LogP) is 3.66. The summed E-state index contributed by atoms with van der Waals surface area (Å²) in [7, 11) is 0. The summed E-state index contributed by atoms with van der Waals surface area (Å²) in [5, 5.41) is 3.67. The van der Waals surface area contributed by atoms with Crippen LogP contribution in [0.25, 0.3) is 0 Å². The van der Waals surface area contributed by atoms with Crippen molar-refractivity contribution in [1.29, 1.82) is 0 Å². The summed E-state index contributed by atoms with van der Waals surface area (Å²) in [5.41, 5.74) is 10.7. The van der Waals surface area contributed by atoms with E-state index in [1.54, 1.807) is 0 Å². The summed E-state index contributed by atoms with van der Waals surface area (Å²) < 4.78 is 0. The minimum absolute atomic E-state index is 0.618. The molecule has 1 fully saturated rings. The lowest BCUT2D eigenvalue weighted by atomic mass is 10.0. The molecule has 0 radical (unpaired) electrons. The first-order chi connectivity index (χ1) is 10.6. The van der Waals surface area contributed by atoms with Crippen molar-refractivity contribution in [3.63, 3.8) is 0 Å². The molecule has 0 saturated carbocycles. The van der Waals surface area contributed by atoms with E-state index in [0.29, 0.717) is 6.04 Å². The SMILES string of the molecule is C/C=C\C=C(/C)CNC1CCN(c2cc(C)cc(N)c2)CC1. The Labute approximate surface area is 134 Å². The maximum Gasteiger partial charge on any atom is 0.0389 e. The van der Waals surface area contributed by atoms with Crippen LogP contribution in [0.1, 0.15) is 32.3 Å². The van der Waals surface area contributed by atoms with Crippen molar-refractivity contribution < 1.29 is 0 Å². The standard InChI is InChI=1S/C19H29N3/c1-4-5-6-15(2)14-21-18-7-9-22(10-8-18)19-12-16(3)11-17(20)13-19/h4-6,11-13,18,21H,7-10,14,20H2,1-3H3/b5-4-,15-6+. The quantitative estimate of drug-likeness (QED) is 0.644. The average Bonchev–Trinajstić information content (AvgIpc) is 2.50. The normalized spacial score (nSPS) is 17.4. The van der Waals surface area contributed by atoms with Crippen molar-refractivity contribution in [3.8, 4) is 0 Å². The zero-order chi connectivity index (χ0) is 15.9. The minimum atomic E-state index is 0.618. The fraction of sp³-hybridized carbons (Fsp3) is 0.474. The molecular weight excluding hydrogens is 270 g/mol. The van der Waals surface area contributed by atoms with Gasteiger partial charge in [0, 0.05) is 37.1 Å². The Balaban J connectivity index is 1.83. The number of nitrogen functional groups attached to an aromatic ring is 1. The summed E-state index contributed by atoms with van der Waals surface area (Å²) in [5.74, 6) is 0. The van der Waals surface area contributed by atoms with Gasteiger partial charge in [-0.1, -0.05) is 23.8 Å². The highest BCUT2D eigenvalue weighted by Crippen LogP contribution is 2.24.